The highest BCUT2D eigenvalue weighted by molar-refractivity contribution is 5.43. The Morgan fingerprint density at radius 1 is 1.19 bits per heavy atom. The van der Waals surface area contributed by atoms with Crippen molar-refractivity contribution >= 4 is 5.82 Å². The van der Waals surface area contributed by atoms with Crippen LogP contribution in [0.15, 0.2) is 12.1 Å². The van der Waals surface area contributed by atoms with Gasteiger partial charge >= 0.3 is 0 Å². The van der Waals surface area contributed by atoms with Crippen molar-refractivity contribution < 1.29 is 0 Å². The van der Waals surface area contributed by atoms with Gasteiger partial charge in [0.25, 0.3) is 0 Å². The first-order valence-electron chi connectivity index (χ1n) is 8.12. The van der Waals surface area contributed by atoms with Crippen molar-refractivity contribution in [2.75, 3.05) is 11.9 Å². The highest BCUT2D eigenvalue weighted by Crippen LogP contribution is 2.22. The lowest BCUT2D eigenvalue weighted by Gasteiger charge is -2.27. The van der Waals surface area contributed by atoms with E-state index in [0.717, 1.165) is 18.8 Å². The Kier molecular flexibility index (Phi) is 6.21. The summed E-state index contributed by atoms with van der Waals surface area (Å²) in [5, 5.41) is 3.57. The Morgan fingerprint density at radius 3 is 2.29 bits per heavy atom. The number of hydrogen-bond acceptors (Lipinski definition) is 3. The van der Waals surface area contributed by atoms with Crippen LogP contribution in [0, 0.1) is 0 Å². The third-order valence-electron chi connectivity index (χ3n) is 3.92. The fourth-order valence-electron chi connectivity index (χ4n) is 2.04. The molecular weight excluding hydrogens is 258 g/mol. The predicted octanol–water partition coefficient (Wildman–Crippen LogP) is 4.33. The van der Waals surface area contributed by atoms with Crippen molar-refractivity contribution in [1.82, 2.24) is 10.3 Å². The third-order valence-corrected chi connectivity index (χ3v) is 3.92. The summed E-state index contributed by atoms with van der Waals surface area (Å²) in [5.41, 5.74) is 2.62. The number of rotatable bonds is 6. The molecule has 120 valence electrons. The molecule has 1 N–H and O–H groups in total. The fourth-order valence-corrected chi connectivity index (χ4v) is 2.04. The smallest absolute Gasteiger partial charge is 0.129 e. The SMILES string of the molecule is CCC(C)N(C)c1cc(CNC(C)(C)C)cc(C(C)C)n1. The van der Waals surface area contributed by atoms with Gasteiger partial charge in [0.05, 0.1) is 0 Å². The Balaban J connectivity index is 3.06. The number of nitrogens with zero attached hydrogens (tertiary/aromatic N) is 2. The lowest BCUT2D eigenvalue weighted by Crippen LogP contribution is -2.35. The zero-order chi connectivity index (χ0) is 16.2. The molecule has 0 saturated carbocycles. The van der Waals surface area contributed by atoms with E-state index >= 15 is 0 Å². The van der Waals surface area contributed by atoms with Crippen molar-refractivity contribution in [2.45, 2.75) is 78.9 Å². The second-order valence-corrected chi connectivity index (χ2v) is 7.38. The Bertz CT molecular complexity index is 446. The van der Waals surface area contributed by atoms with Crippen molar-refractivity contribution in [3.8, 4) is 0 Å². The largest absolute Gasteiger partial charge is 0.357 e. The summed E-state index contributed by atoms with van der Waals surface area (Å²) in [6.45, 7) is 16.4. The van der Waals surface area contributed by atoms with Crippen LogP contribution in [0.1, 0.15) is 72.1 Å². The molecule has 21 heavy (non-hydrogen) atoms. The number of aromatic nitrogens is 1. The van der Waals surface area contributed by atoms with E-state index in [1.807, 2.05) is 0 Å². The molecule has 0 bridgehead atoms. The zero-order valence-electron chi connectivity index (χ0n) is 15.1. The summed E-state index contributed by atoms with van der Waals surface area (Å²) in [4.78, 5) is 7.13. The molecule has 0 saturated heterocycles. The fraction of sp³-hybridized carbons (Fsp3) is 0.722. The molecule has 0 aliphatic rings. The van der Waals surface area contributed by atoms with Crippen molar-refractivity contribution in [1.29, 1.82) is 0 Å². The highest BCUT2D eigenvalue weighted by Gasteiger charge is 2.14. The van der Waals surface area contributed by atoms with Crippen LogP contribution in [0.5, 0.6) is 0 Å². The Morgan fingerprint density at radius 2 is 1.81 bits per heavy atom. The first-order valence-corrected chi connectivity index (χ1v) is 8.12. The molecule has 1 heterocycles. The van der Waals surface area contributed by atoms with E-state index in [9.17, 15) is 0 Å². The molecule has 1 aromatic heterocycles. The van der Waals surface area contributed by atoms with Crippen LogP contribution in [0.4, 0.5) is 5.82 Å². The maximum Gasteiger partial charge on any atom is 0.129 e. The minimum atomic E-state index is 0.129. The van der Waals surface area contributed by atoms with E-state index < -0.39 is 0 Å². The summed E-state index contributed by atoms with van der Waals surface area (Å²) in [6, 6.07) is 4.96. The second kappa shape index (κ2) is 7.26. The summed E-state index contributed by atoms with van der Waals surface area (Å²) in [6.07, 6.45) is 1.12. The molecule has 0 radical (unpaired) electrons. The third kappa shape index (κ3) is 5.66. The van der Waals surface area contributed by atoms with Crippen LogP contribution in [0.25, 0.3) is 0 Å². The standard InChI is InChI=1S/C18H33N3/c1-9-14(4)21(8)17-11-15(12-19-18(5,6)7)10-16(20-17)13(2)3/h10-11,13-14,19H,9,12H2,1-8H3. The molecule has 1 rings (SSSR count). The van der Waals surface area contributed by atoms with Gasteiger partial charge < -0.3 is 10.2 Å². The van der Waals surface area contributed by atoms with Gasteiger partial charge in [-0.2, -0.15) is 0 Å². The summed E-state index contributed by atoms with van der Waals surface area (Å²) < 4.78 is 0. The number of hydrogen-bond donors (Lipinski definition) is 1. The number of pyridine rings is 1. The molecular formula is C18H33N3. The van der Waals surface area contributed by atoms with Gasteiger partial charge in [-0.15, -0.1) is 0 Å². The molecule has 0 aliphatic carbocycles. The average Bonchev–Trinajstić information content (AvgIpc) is 2.42. The van der Waals surface area contributed by atoms with Crippen LogP contribution in [-0.2, 0) is 6.54 Å². The minimum absolute atomic E-state index is 0.129. The van der Waals surface area contributed by atoms with Crippen molar-refractivity contribution in [2.24, 2.45) is 0 Å². The van der Waals surface area contributed by atoms with Gasteiger partial charge in [-0.1, -0.05) is 20.8 Å². The van der Waals surface area contributed by atoms with E-state index in [1.54, 1.807) is 0 Å². The molecule has 3 heteroatoms. The van der Waals surface area contributed by atoms with E-state index in [1.165, 1.54) is 11.3 Å². The molecule has 1 atom stereocenters. The molecule has 0 spiro atoms. The van der Waals surface area contributed by atoms with E-state index in [-0.39, 0.29) is 5.54 Å². The molecule has 0 aliphatic heterocycles. The second-order valence-electron chi connectivity index (χ2n) is 7.38. The topological polar surface area (TPSA) is 28.2 Å². The molecule has 0 amide bonds. The highest BCUT2D eigenvalue weighted by atomic mass is 15.2. The van der Waals surface area contributed by atoms with Crippen LogP contribution in [0.3, 0.4) is 0 Å². The number of anilines is 1. The molecule has 3 nitrogen and oxygen atoms in total. The first kappa shape index (κ1) is 18.0. The van der Waals surface area contributed by atoms with Gasteiger partial charge in [0.2, 0.25) is 0 Å². The van der Waals surface area contributed by atoms with Crippen LogP contribution in [-0.4, -0.2) is 23.6 Å². The monoisotopic (exact) mass is 291 g/mol. The summed E-state index contributed by atoms with van der Waals surface area (Å²) in [5.74, 6) is 1.53. The molecule has 1 unspecified atom stereocenters. The molecule has 0 aromatic carbocycles. The van der Waals surface area contributed by atoms with Crippen LogP contribution >= 0.6 is 0 Å². The maximum absolute atomic E-state index is 4.84. The Hall–Kier alpha value is -1.09. The predicted molar refractivity (Wildman–Crippen MR) is 93.1 cm³/mol. The van der Waals surface area contributed by atoms with Gasteiger partial charge in [0.1, 0.15) is 5.82 Å². The van der Waals surface area contributed by atoms with E-state index in [2.05, 4.69) is 77.9 Å². The number of nitrogens with one attached hydrogen (secondary N) is 1. The zero-order valence-corrected chi connectivity index (χ0v) is 15.1. The van der Waals surface area contributed by atoms with Gasteiger partial charge in [-0.05, 0) is 57.7 Å². The van der Waals surface area contributed by atoms with Gasteiger partial charge in [0, 0.05) is 30.9 Å². The van der Waals surface area contributed by atoms with E-state index in [0.29, 0.717) is 12.0 Å². The first-order chi connectivity index (χ1) is 9.64. The van der Waals surface area contributed by atoms with Gasteiger partial charge in [-0.3, -0.25) is 0 Å². The normalized spacial score (nSPS) is 13.6. The maximum atomic E-state index is 4.84. The average molecular weight is 291 g/mol. The summed E-state index contributed by atoms with van der Waals surface area (Å²) >= 11 is 0. The minimum Gasteiger partial charge on any atom is -0.357 e. The summed E-state index contributed by atoms with van der Waals surface area (Å²) in [7, 11) is 2.14. The van der Waals surface area contributed by atoms with Crippen molar-refractivity contribution in [3.63, 3.8) is 0 Å². The molecule has 1 aromatic rings. The van der Waals surface area contributed by atoms with E-state index in [4.69, 9.17) is 4.98 Å². The molecule has 0 fully saturated rings. The van der Waals surface area contributed by atoms with Crippen LogP contribution in [0.2, 0.25) is 0 Å². The van der Waals surface area contributed by atoms with Crippen LogP contribution < -0.4 is 10.2 Å². The quantitative estimate of drug-likeness (QED) is 0.845. The lowest BCUT2D eigenvalue weighted by atomic mass is 10.0. The van der Waals surface area contributed by atoms with Gasteiger partial charge in [0.15, 0.2) is 0 Å². The Labute approximate surface area is 131 Å². The lowest BCUT2D eigenvalue weighted by molar-refractivity contribution is 0.424. The van der Waals surface area contributed by atoms with Crippen molar-refractivity contribution in [3.05, 3.63) is 23.4 Å². The van der Waals surface area contributed by atoms with Gasteiger partial charge in [-0.25, -0.2) is 4.98 Å².